The summed E-state index contributed by atoms with van der Waals surface area (Å²) in [5.74, 6) is 1.40. The lowest BCUT2D eigenvalue weighted by Crippen LogP contribution is -2.28. The van der Waals surface area contributed by atoms with Crippen molar-refractivity contribution in [2.75, 3.05) is 4.30 Å². The van der Waals surface area contributed by atoms with E-state index in [-0.39, 0.29) is 0 Å². The SMILES string of the molecule is CC(C)[CH2][Al]([CH2]C(C)C)[NH]c1c(-c2ccccc2)cc(-c2ccccc2)cc1-c1ccccc1. The van der Waals surface area contributed by atoms with Crippen LogP contribution in [0.15, 0.2) is 103 Å². The Morgan fingerprint density at radius 2 is 0.912 bits per heavy atom. The summed E-state index contributed by atoms with van der Waals surface area (Å²) in [5, 5.41) is 2.59. The molecule has 0 saturated carbocycles. The molecule has 0 aliphatic carbocycles. The van der Waals surface area contributed by atoms with E-state index in [0.29, 0.717) is 11.8 Å². The Hall–Kier alpha value is -2.79. The van der Waals surface area contributed by atoms with Crippen molar-refractivity contribution in [3.8, 4) is 33.4 Å². The Bertz CT molecular complexity index is 1100. The van der Waals surface area contributed by atoms with E-state index in [2.05, 4.69) is 135 Å². The van der Waals surface area contributed by atoms with Crippen molar-refractivity contribution in [2.24, 2.45) is 11.8 Å². The van der Waals surface area contributed by atoms with Crippen LogP contribution < -0.4 is 4.30 Å². The third-order valence-electron chi connectivity index (χ3n) is 6.28. The molecule has 0 saturated heterocycles. The number of hydrogen-bond acceptors (Lipinski definition) is 1. The normalized spacial score (nSPS) is 11.1. The zero-order valence-electron chi connectivity index (χ0n) is 21.0. The molecule has 1 nitrogen and oxygen atoms in total. The van der Waals surface area contributed by atoms with Crippen LogP contribution in [0.3, 0.4) is 0 Å². The van der Waals surface area contributed by atoms with Gasteiger partial charge in [-0.25, -0.2) is 0 Å². The maximum Gasteiger partial charge on any atom is 0.411 e. The second-order valence-electron chi connectivity index (χ2n) is 10.1. The lowest BCUT2D eigenvalue weighted by Gasteiger charge is -2.25. The molecule has 4 aromatic rings. The number of hydrogen-bond donors (Lipinski definition) is 1. The first-order valence-corrected chi connectivity index (χ1v) is 14.8. The standard InChI is InChI=1S/C24H18N.2C4H9.Al/c25-24-22(19-12-6-2-7-13-19)16-21(18-10-4-1-5-11-18)17-23(24)20-14-8-3-9-15-20;2*1-4(2)3;/h1-17,25H;2*4H,1H2,2-3H3;/q-1;;;+1. The van der Waals surface area contributed by atoms with Crippen molar-refractivity contribution in [3.63, 3.8) is 0 Å². The zero-order chi connectivity index (χ0) is 23.9. The van der Waals surface area contributed by atoms with Crippen LogP contribution in [0.25, 0.3) is 33.4 Å². The van der Waals surface area contributed by atoms with Crippen molar-refractivity contribution in [3.05, 3.63) is 103 Å². The molecule has 34 heavy (non-hydrogen) atoms. The molecular formula is C32H36AlN. The Balaban J connectivity index is 1.94. The second-order valence-corrected chi connectivity index (χ2v) is 12.8. The second kappa shape index (κ2) is 11.6. The molecule has 0 atom stereocenters. The lowest BCUT2D eigenvalue weighted by molar-refractivity contribution is 0.691. The van der Waals surface area contributed by atoms with Crippen molar-refractivity contribution in [1.82, 2.24) is 0 Å². The molecule has 0 spiro atoms. The van der Waals surface area contributed by atoms with E-state index in [1.165, 1.54) is 49.6 Å². The van der Waals surface area contributed by atoms with Crippen LogP contribution in [0.1, 0.15) is 27.7 Å². The maximum absolute atomic E-state index is 4.19. The third-order valence-corrected chi connectivity index (χ3v) is 10.00. The van der Waals surface area contributed by atoms with E-state index in [9.17, 15) is 0 Å². The molecular weight excluding hydrogens is 425 g/mol. The fourth-order valence-electron chi connectivity index (χ4n) is 4.84. The van der Waals surface area contributed by atoms with Crippen LogP contribution in [-0.4, -0.2) is 14.4 Å². The van der Waals surface area contributed by atoms with Gasteiger partial charge in [-0.1, -0.05) is 141 Å². The van der Waals surface area contributed by atoms with Crippen molar-refractivity contribution in [2.45, 2.75) is 38.3 Å². The van der Waals surface area contributed by atoms with Crippen molar-refractivity contribution in [1.29, 1.82) is 0 Å². The summed E-state index contributed by atoms with van der Waals surface area (Å²) >= 11 is -1.22. The Morgan fingerprint density at radius 1 is 0.529 bits per heavy atom. The molecule has 0 fully saturated rings. The predicted molar refractivity (Wildman–Crippen MR) is 151 cm³/mol. The summed E-state index contributed by atoms with van der Waals surface area (Å²) in [4.78, 5) is 0. The van der Waals surface area contributed by atoms with Gasteiger partial charge in [0.25, 0.3) is 0 Å². The van der Waals surface area contributed by atoms with Gasteiger partial charge in [-0.2, -0.15) is 0 Å². The quantitative estimate of drug-likeness (QED) is 0.245. The van der Waals surface area contributed by atoms with Gasteiger partial charge in [0.1, 0.15) is 0 Å². The fourth-order valence-corrected chi connectivity index (χ4v) is 8.27. The molecule has 0 aliphatic rings. The van der Waals surface area contributed by atoms with Gasteiger partial charge < -0.3 is 4.30 Å². The highest BCUT2D eigenvalue weighted by Crippen LogP contribution is 2.41. The van der Waals surface area contributed by atoms with Crippen LogP contribution in [0.5, 0.6) is 0 Å². The first kappa shape index (κ1) is 24.3. The first-order chi connectivity index (χ1) is 16.5. The molecule has 0 heterocycles. The topological polar surface area (TPSA) is 12.0 Å². The molecule has 4 rings (SSSR count). The van der Waals surface area contributed by atoms with Crippen molar-refractivity contribution >= 4 is 20.1 Å². The minimum atomic E-state index is -1.22. The highest BCUT2D eigenvalue weighted by atomic mass is 27.2. The highest BCUT2D eigenvalue weighted by Gasteiger charge is 2.25. The number of nitrogens with one attached hydrogen (secondary N) is 1. The van der Waals surface area contributed by atoms with Crippen LogP contribution in [0.2, 0.25) is 10.6 Å². The van der Waals surface area contributed by atoms with Crippen LogP contribution in [-0.2, 0) is 0 Å². The molecule has 4 aromatic carbocycles. The fraction of sp³-hybridized carbons (Fsp3) is 0.250. The van der Waals surface area contributed by atoms with Gasteiger partial charge in [0, 0.05) is 16.8 Å². The van der Waals surface area contributed by atoms with E-state index in [1.54, 1.807) is 0 Å². The van der Waals surface area contributed by atoms with E-state index in [1.807, 2.05) is 0 Å². The minimum Gasteiger partial charge on any atom is -0.475 e. The molecule has 0 bridgehead atoms. The Kier molecular flexibility index (Phi) is 8.28. The van der Waals surface area contributed by atoms with Gasteiger partial charge in [0.2, 0.25) is 0 Å². The van der Waals surface area contributed by atoms with E-state index in [4.69, 9.17) is 0 Å². The van der Waals surface area contributed by atoms with Crippen molar-refractivity contribution < 1.29 is 0 Å². The molecule has 2 heteroatoms. The van der Waals surface area contributed by atoms with Gasteiger partial charge >= 0.3 is 14.4 Å². The molecule has 0 radical (unpaired) electrons. The van der Waals surface area contributed by atoms with E-state index < -0.39 is 14.4 Å². The Morgan fingerprint density at radius 3 is 1.29 bits per heavy atom. The average Bonchev–Trinajstić information content (AvgIpc) is 2.85. The maximum atomic E-state index is 4.19. The molecule has 0 unspecified atom stereocenters. The third kappa shape index (κ3) is 6.21. The van der Waals surface area contributed by atoms with Gasteiger partial charge in [-0.05, 0) is 34.4 Å². The summed E-state index contributed by atoms with van der Waals surface area (Å²) < 4.78 is 4.19. The Labute approximate surface area is 210 Å². The van der Waals surface area contributed by atoms with Crippen LogP contribution in [0, 0.1) is 11.8 Å². The summed E-state index contributed by atoms with van der Waals surface area (Å²) in [5.41, 5.74) is 8.94. The predicted octanol–water partition coefficient (Wildman–Crippen LogP) is 9.40. The monoisotopic (exact) mass is 461 g/mol. The summed E-state index contributed by atoms with van der Waals surface area (Å²) in [7, 11) is 0. The number of rotatable bonds is 9. The van der Waals surface area contributed by atoms with E-state index in [0.717, 1.165) is 0 Å². The molecule has 1 N–H and O–H groups in total. The molecule has 0 aliphatic heterocycles. The number of benzene rings is 4. The summed E-state index contributed by atoms with van der Waals surface area (Å²) in [6.07, 6.45) is 0. The smallest absolute Gasteiger partial charge is 0.411 e. The van der Waals surface area contributed by atoms with Crippen LogP contribution in [0.4, 0.5) is 5.69 Å². The molecule has 172 valence electrons. The van der Waals surface area contributed by atoms with Gasteiger partial charge in [-0.15, -0.1) is 0 Å². The van der Waals surface area contributed by atoms with Gasteiger partial charge in [0.05, 0.1) is 0 Å². The average molecular weight is 462 g/mol. The number of anilines is 1. The zero-order valence-corrected chi connectivity index (χ0v) is 22.1. The molecule has 0 amide bonds. The molecule has 0 aromatic heterocycles. The first-order valence-electron chi connectivity index (χ1n) is 12.6. The minimum absolute atomic E-state index is 0.701. The highest BCUT2D eigenvalue weighted by molar-refractivity contribution is 6.63. The summed E-state index contributed by atoms with van der Waals surface area (Å²) in [6, 6.07) is 37.3. The lowest BCUT2D eigenvalue weighted by atomic mass is 9.91. The van der Waals surface area contributed by atoms with Crippen LogP contribution >= 0.6 is 0 Å². The largest absolute Gasteiger partial charge is 0.475 e. The van der Waals surface area contributed by atoms with Gasteiger partial charge in [-0.3, -0.25) is 0 Å². The van der Waals surface area contributed by atoms with Gasteiger partial charge in [0.15, 0.2) is 0 Å². The van der Waals surface area contributed by atoms with E-state index >= 15 is 0 Å². The summed E-state index contributed by atoms with van der Waals surface area (Å²) in [6.45, 7) is 9.43.